The van der Waals surface area contributed by atoms with Crippen molar-refractivity contribution in [2.24, 2.45) is 5.92 Å². The van der Waals surface area contributed by atoms with Crippen molar-refractivity contribution in [3.05, 3.63) is 70.2 Å². The van der Waals surface area contributed by atoms with Gasteiger partial charge in [0.25, 0.3) is 0 Å². The van der Waals surface area contributed by atoms with Crippen LogP contribution in [0.25, 0.3) is 0 Å². The quantitative estimate of drug-likeness (QED) is 0.598. The summed E-state index contributed by atoms with van der Waals surface area (Å²) in [4.78, 5) is 27.8. The number of nitriles is 1. The van der Waals surface area contributed by atoms with Gasteiger partial charge in [-0.3, -0.25) is 9.59 Å². The average Bonchev–Trinajstić information content (AvgIpc) is 2.75. The van der Waals surface area contributed by atoms with Crippen molar-refractivity contribution in [1.29, 1.82) is 5.26 Å². The van der Waals surface area contributed by atoms with E-state index in [0.29, 0.717) is 18.7 Å². The van der Waals surface area contributed by atoms with Crippen LogP contribution in [0.5, 0.6) is 0 Å². The van der Waals surface area contributed by atoms with Crippen molar-refractivity contribution in [3.8, 4) is 6.07 Å². The van der Waals surface area contributed by atoms with Crippen LogP contribution in [-0.2, 0) is 4.79 Å². The standard InChI is InChI=1S/C23H23BrN2O2/c24-21-12-6-5-11-18(21)19(15-22(27)17-9-3-1-4-10-17)20(16-25)23(28)26-13-7-2-8-14-26/h1,3-6,9-12,19-20H,2,7-8,13-15H2/t19-,20-/m1/s1. The smallest absolute Gasteiger partial charge is 0.240 e. The minimum Gasteiger partial charge on any atom is -0.342 e. The van der Waals surface area contributed by atoms with Gasteiger partial charge in [0.2, 0.25) is 5.91 Å². The van der Waals surface area contributed by atoms with E-state index in [9.17, 15) is 14.9 Å². The Kier molecular flexibility index (Phi) is 7.00. The zero-order valence-electron chi connectivity index (χ0n) is 15.7. The molecule has 4 nitrogen and oxygen atoms in total. The second-order valence-corrected chi connectivity index (χ2v) is 7.97. The van der Waals surface area contributed by atoms with Gasteiger partial charge < -0.3 is 4.90 Å². The zero-order chi connectivity index (χ0) is 19.9. The van der Waals surface area contributed by atoms with Crippen LogP contribution in [0.3, 0.4) is 0 Å². The Labute approximate surface area is 174 Å². The van der Waals surface area contributed by atoms with Crippen LogP contribution in [-0.4, -0.2) is 29.7 Å². The number of rotatable bonds is 6. The highest BCUT2D eigenvalue weighted by molar-refractivity contribution is 9.10. The Bertz CT molecular complexity index is 870. The normalized spacial score (nSPS) is 16.1. The van der Waals surface area contributed by atoms with E-state index in [1.54, 1.807) is 17.0 Å². The second kappa shape index (κ2) is 9.66. The summed E-state index contributed by atoms with van der Waals surface area (Å²) in [6.45, 7) is 1.37. The van der Waals surface area contributed by atoms with Gasteiger partial charge in [0.1, 0.15) is 5.92 Å². The van der Waals surface area contributed by atoms with Crippen LogP contribution in [0.15, 0.2) is 59.1 Å². The van der Waals surface area contributed by atoms with E-state index in [1.165, 1.54) is 0 Å². The molecule has 0 saturated carbocycles. The number of nitrogens with zero attached hydrogens (tertiary/aromatic N) is 2. The highest BCUT2D eigenvalue weighted by Crippen LogP contribution is 2.35. The van der Waals surface area contributed by atoms with E-state index in [2.05, 4.69) is 22.0 Å². The van der Waals surface area contributed by atoms with Gasteiger partial charge in [-0.15, -0.1) is 0 Å². The Balaban J connectivity index is 1.92. The lowest BCUT2D eigenvalue weighted by atomic mass is 9.81. The summed E-state index contributed by atoms with van der Waals surface area (Å²) in [5.41, 5.74) is 1.42. The number of benzene rings is 2. The molecule has 28 heavy (non-hydrogen) atoms. The molecule has 2 aromatic carbocycles. The first-order valence-corrected chi connectivity index (χ1v) is 10.4. The molecule has 0 spiro atoms. The number of ketones is 1. The van der Waals surface area contributed by atoms with Crippen LogP contribution < -0.4 is 0 Å². The minimum absolute atomic E-state index is 0.0620. The van der Waals surface area contributed by atoms with Crippen molar-refractivity contribution in [2.75, 3.05) is 13.1 Å². The third-order valence-electron chi connectivity index (χ3n) is 5.28. The van der Waals surface area contributed by atoms with Crippen molar-refractivity contribution in [2.45, 2.75) is 31.6 Å². The predicted octanol–water partition coefficient (Wildman–Crippen LogP) is 4.96. The minimum atomic E-state index is -0.885. The number of hydrogen-bond acceptors (Lipinski definition) is 3. The Morgan fingerprint density at radius 2 is 1.64 bits per heavy atom. The third-order valence-corrected chi connectivity index (χ3v) is 6.00. The monoisotopic (exact) mass is 438 g/mol. The number of amides is 1. The lowest BCUT2D eigenvalue weighted by Crippen LogP contribution is -2.41. The highest BCUT2D eigenvalue weighted by Gasteiger charge is 2.35. The lowest BCUT2D eigenvalue weighted by molar-refractivity contribution is -0.135. The molecule has 0 bridgehead atoms. The van der Waals surface area contributed by atoms with Gasteiger partial charge in [-0.2, -0.15) is 5.26 Å². The summed E-state index contributed by atoms with van der Waals surface area (Å²) in [7, 11) is 0. The Morgan fingerprint density at radius 3 is 2.29 bits per heavy atom. The van der Waals surface area contributed by atoms with Crippen LogP contribution >= 0.6 is 15.9 Å². The number of carbonyl (C=O) groups is 2. The summed E-state index contributed by atoms with van der Waals surface area (Å²) in [5, 5.41) is 9.91. The van der Waals surface area contributed by atoms with Crippen LogP contribution in [0.1, 0.15) is 47.5 Å². The number of hydrogen-bond donors (Lipinski definition) is 0. The largest absolute Gasteiger partial charge is 0.342 e. The Morgan fingerprint density at radius 1 is 1.00 bits per heavy atom. The first-order valence-electron chi connectivity index (χ1n) is 9.63. The maximum Gasteiger partial charge on any atom is 0.240 e. The first-order chi connectivity index (χ1) is 13.6. The number of likely N-dealkylation sites (tertiary alicyclic amines) is 1. The maximum atomic E-state index is 13.2. The molecular weight excluding hydrogens is 416 g/mol. The van der Waals surface area contributed by atoms with Gasteiger partial charge in [-0.05, 0) is 30.9 Å². The predicted molar refractivity (Wildman–Crippen MR) is 112 cm³/mol. The van der Waals surface area contributed by atoms with E-state index in [1.807, 2.05) is 42.5 Å². The molecule has 2 aromatic rings. The molecule has 5 heteroatoms. The van der Waals surface area contributed by atoms with Gasteiger partial charge in [0.05, 0.1) is 6.07 Å². The molecule has 1 saturated heterocycles. The van der Waals surface area contributed by atoms with Crippen molar-refractivity contribution < 1.29 is 9.59 Å². The van der Waals surface area contributed by atoms with E-state index in [-0.39, 0.29) is 18.1 Å². The van der Waals surface area contributed by atoms with Crippen LogP contribution in [0.2, 0.25) is 0 Å². The average molecular weight is 439 g/mol. The summed E-state index contributed by atoms with van der Waals surface area (Å²) < 4.78 is 0.813. The van der Waals surface area contributed by atoms with E-state index in [0.717, 1.165) is 29.3 Å². The van der Waals surface area contributed by atoms with E-state index in [4.69, 9.17) is 0 Å². The van der Waals surface area contributed by atoms with Crippen molar-refractivity contribution in [1.82, 2.24) is 4.90 Å². The van der Waals surface area contributed by atoms with Gasteiger partial charge in [-0.25, -0.2) is 0 Å². The van der Waals surface area contributed by atoms with Crippen molar-refractivity contribution >= 4 is 27.6 Å². The molecule has 1 amide bonds. The number of halogens is 1. The van der Waals surface area contributed by atoms with Crippen LogP contribution in [0.4, 0.5) is 0 Å². The number of piperidine rings is 1. The van der Waals surface area contributed by atoms with E-state index < -0.39 is 11.8 Å². The number of carbonyl (C=O) groups excluding carboxylic acids is 2. The fraction of sp³-hybridized carbons (Fsp3) is 0.348. The first kappa shape index (κ1) is 20.3. The highest BCUT2D eigenvalue weighted by atomic mass is 79.9. The number of Topliss-reactive ketones (excluding diaryl/α,β-unsaturated/α-hetero) is 1. The topological polar surface area (TPSA) is 61.2 Å². The summed E-state index contributed by atoms with van der Waals surface area (Å²) in [6, 6.07) is 18.8. The molecule has 1 heterocycles. The molecule has 1 fully saturated rings. The molecule has 1 aliphatic heterocycles. The fourth-order valence-electron chi connectivity index (χ4n) is 3.75. The summed E-state index contributed by atoms with van der Waals surface area (Å²) in [6.07, 6.45) is 3.16. The van der Waals surface area contributed by atoms with Crippen molar-refractivity contribution in [3.63, 3.8) is 0 Å². The Hall–Kier alpha value is -2.45. The molecule has 1 aliphatic rings. The van der Waals surface area contributed by atoms with Gasteiger partial charge in [0, 0.05) is 35.5 Å². The van der Waals surface area contributed by atoms with Crippen LogP contribution in [0, 0.1) is 17.2 Å². The fourth-order valence-corrected chi connectivity index (χ4v) is 4.33. The molecule has 0 aromatic heterocycles. The van der Waals surface area contributed by atoms with Gasteiger partial charge in [0.15, 0.2) is 5.78 Å². The second-order valence-electron chi connectivity index (χ2n) is 7.11. The summed E-state index contributed by atoms with van der Waals surface area (Å²) in [5.74, 6) is -1.61. The third kappa shape index (κ3) is 4.69. The van der Waals surface area contributed by atoms with Gasteiger partial charge in [-0.1, -0.05) is 64.5 Å². The zero-order valence-corrected chi connectivity index (χ0v) is 17.3. The SMILES string of the molecule is N#C[C@@H](C(=O)N1CCCCC1)[C@H](CC(=O)c1ccccc1)c1ccccc1Br. The molecule has 2 atom stereocenters. The molecule has 3 rings (SSSR count). The summed E-state index contributed by atoms with van der Waals surface area (Å²) >= 11 is 3.54. The molecular formula is C23H23BrN2O2. The van der Waals surface area contributed by atoms with E-state index >= 15 is 0 Å². The maximum absolute atomic E-state index is 13.2. The molecule has 144 valence electrons. The lowest BCUT2D eigenvalue weighted by Gasteiger charge is -2.31. The van der Waals surface area contributed by atoms with Gasteiger partial charge >= 0.3 is 0 Å². The molecule has 0 N–H and O–H groups in total. The molecule has 0 aliphatic carbocycles. The molecule has 0 radical (unpaired) electrons. The molecule has 0 unspecified atom stereocenters.